The van der Waals surface area contributed by atoms with Gasteiger partial charge in [0.15, 0.2) is 0 Å². The molecule has 0 atom stereocenters. The maximum atomic E-state index is 12.8. The lowest BCUT2D eigenvalue weighted by Crippen LogP contribution is -2.54. The van der Waals surface area contributed by atoms with Crippen molar-refractivity contribution in [2.24, 2.45) is 0 Å². The van der Waals surface area contributed by atoms with Gasteiger partial charge in [0.05, 0.1) is 19.5 Å². The van der Waals surface area contributed by atoms with Crippen molar-refractivity contribution < 1.29 is 22.4 Å². The molecule has 14 heavy (non-hydrogen) atoms. The van der Waals surface area contributed by atoms with Crippen LogP contribution >= 0.6 is 0 Å². The minimum Gasteiger partial charge on any atom is -0.331 e. The fourth-order valence-electron chi connectivity index (χ4n) is 1.50. The predicted molar refractivity (Wildman–Crippen MR) is 41.4 cm³/mol. The van der Waals surface area contributed by atoms with Crippen molar-refractivity contribution in [3.63, 3.8) is 0 Å². The molecule has 0 saturated carbocycles. The van der Waals surface area contributed by atoms with E-state index < -0.39 is 37.3 Å². The van der Waals surface area contributed by atoms with Gasteiger partial charge in [0.2, 0.25) is 5.91 Å². The number of rotatable bonds is 1. The van der Waals surface area contributed by atoms with E-state index in [2.05, 4.69) is 0 Å². The summed E-state index contributed by atoms with van der Waals surface area (Å²) in [5.74, 6) is -7.62. The van der Waals surface area contributed by atoms with Gasteiger partial charge in [-0.3, -0.25) is 4.79 Å². The van der Waals surface area contributed by atoms with Gasteiger partial charge in [0, 0.05) is 6.42 Å². The lowest BCUT2D eigenvalue weighted by molar-refractivity contribution is -0.181. The summed E-state index contributed by atoms with van der Waals surface area (Å²) >= 11 is 0. The molecule has 0 spiro atoms. The maximum absolute atomic E-state index is 12.8. The molecule has 0 aromatic carbocycles. The second-order valence-corrected chi connectivity index (χ2v) is 3.49. The molecule has 0 radical (unpaired) electrons. The average molecular weight is 213 g/mol. The number of hydrogen-bond acceptors (Lipinski definition) is 1. The summed E-state index contributed by atoms with van der Waals surface area (Å²) in [7, 11) is 0. The van der Waals surface area contributed by atoms with Crippen molar-refractivity contribution in [2.75, 3.05) is 13.1 Å². The van der Waals surface area contributed by atoms with Gasteiger partial charge in [-0.25, -0.2) is 17.6 Å². The Labute approximate surface area is 78.9 Å². The highest BCUT2D eigenvalue weighted by Gasteiger charge is 2.51. The Morgan fingerprint density at radius 1 is 1.21 bits per heavy atom. The fourth-order valence-corrected chi connectivity index (χ4v) is 1.50. The van der Waals surface area contributed by atoms with Crippen LogP contribution in [0.4, 0.5) is 17.6 Å². The van der Waals surface area contributed by atoms with Crippen LogP contribution in [0.15, 0.2) is 0 Å². The minimum absolute atomic E-state index is 0.0356. The van der Waals surface area contributed by atoms with E-state index in [9.17, 15) is 22.4 Å². The first-order chi connectivity index (χ1) is 6.26. The van der Waals surface area contributed by atoms with E-state index in [4.69, 9.17) is 0 Å². The van der Waals surface area contributed by atoms with Gasteiger partial charge >= 0.3 is 0 Å². The third kappa shape index (κ3) is 2.59. The Kier molecular flexibility index (Phi) is 2.74. The molecule has 1 rings (SSSR count). The van der Waals surface area contributed by atoms with Crippen molar-refractivity contribution >= 4 is 5.91 Å². The number of piperidine rings is 1. The Morgan fingerprint density at radius 3 is 2.00 bits per heavy atom. The Hall–Kier alpha value is -0.810. The van der Waals surface area contributed by atoms with E-state index in [0.29, 0.717) is 4.90 Å². The minimum atomic E-state index is -3.48. The molecule has 1 saturated heterocycles. The van der Waals surface area contributed by atoms with Crippen molar-refractivity contribution in [3.05, 3.63) is 0 Å². The van der Waals surface area contributed by atoms with Crippen LogP contribution in [0.2, 0.25) is 0 Å². The summed E-state index contributed by atoms with van der Waals surface area (Å²) in [4.78, 5) is 11.5. The number of nitrogens with zero attached hydrogens (tertiary/aromatic N) is 1. The maximum Gasteiger partial charge on any atom is 0.271 e. The second kappa shape index (κ2) is 3.40. The number of carbonyl (C=O) groups is 1. The van der Waals surface area contributed by atoms with Gasteiger partial charge in [-0.1, -0.05) is 6.92 Å². The van der Waals surface area contributed by atoms with Crippen molar-refractivity contribution in [2.45, 2.75) is 31.6 Å². The molecular weight excluding hydrogens is 202 g/mol. The lowest BCUT2D eigenvalue weighted by atomic mass is 10.0. The molecule has 0 bridgehead atoms. The standard InChI is InChI=1S/C8H11F4NO/c1-2-6(14)13-4-7(9,10)3-8(11,12)5-13/h2-5H2,1H3. The predicted octanol–water partition coefficient (Wildman–Crippen LogP) is 1.90. The zero-order valence-corrected chi connectivity index (χ0v) is 7.70. The summed E-state index contributed by atoms with van der Waals surface area (Å²) in [6.45, 7) is -0.336. The summed E-state index contributed by atoms with van der Waals surface area (Å²) < 4.78 is 51.1. The highest BCUT2D eigenvalue weighted by molar-refractivity contribution is 5.76. The largest absolute Gasteiger partial charge is 0.331 e. The average Bonchev–Trinajstić information content (AvgIpc) is 1.97. The first-order valence-electron chi connectivity index (χ1n) is 4.29. The summed E-state index contributed by atoms with van der Waals surface area (Å²) in [6, 6.07) is 0. The molecule has 0 unspecified atom stereocenters. The van der Waals surface area contributed by atoms with Crippen LogP contribution in [-0.2, 0) is 4.79 Å². The van der Waals surface area contributed by atoms with Crippen LogP contribution in [0.3, 0.4) is 0 Å². The normalized spacial score (nSPS) is 24.8. The van der Waals surface area contributed by atoms with E-state index in [1.165, 1.54) is 6.92 Å². The number of hydrogen-bond donors (Lipinski definition) is 0. The van der Waals surface area contributed by atoms with Crippen LogP contribution in [0.1, 0.15) is 19.8 Å². The Balaban J connectivity index is 2.76. The van der Waals surface area contributed by atoms with Crippen LogP contribution in [0, 0.1) is 0 Å². The molecule has 6 heteroatoms. The summed E-state index contributed by atoms with van der Waals surface area (Å²) in [5, 5.41) is 0. The van der Waals surface area contributed by atoms with Crippen molar-refractivity contribution in [3.8, 4) is 0 Å². The number of alkyl halides is 4. The highest BCUT2D eigenvalue weighted by atomic mass is 19.3. The highest BCUT2D eigenvalue weighted by Crippen LogP contribution is 2.36. The summed E-state index contributed by atoms with van der Waals surface area (Å²) in [5.41, 5.74) is 0. The van der Waals surface area contributed by atoms with E-state index in [-0.39, 0.29) is 6.42 Å². The molecule has 0 N–H and O–H groups in total. The second-order valence-electron chi connectivity index (χ2n) is 3.49. The quantitative estimate of drug-likeness (QED) is 0.609. The molecule has 0 aliphatic carbocycles. The van der Waals surface area contributed by atoms with Gasteiger partial charge in [-0.2, -0.15) is 0 Å². The molecule has 82 valence electrons. The number of amides is 1. The number of carbonyl (C=O) groups excluding carboxylic acids is 1. The molecule has 0 aromatic heterocycles. The van der Waals surface area contributed by atoms with E-state index in [1.54, 1.807) is 0 Å². The fraction of sp³-hybridized carbons (Fsp3) is 0.875. The third-order valence-electron chi connectivity index (χ3n) is 2.02. The molecular formula is C8H11F4NO. The smallest absolute Gasteiger partial charge is 0.271 e. The van der Waals surface area contributed by atoms with Gasteiger partial charge in [0.25, 0.3) is 11.8 Å². The van der Waals surface area contributed by atoms with Crippen LogP contribution in [0.25, 0.3) is 0 Å². The van der Waals surface area contributed by atoms with Gasteiger partial charge in [0.1, 0.15) is 0 Å². The van der Waals surface area contributed by atoms with Gasteiger partial charge < -0.3 is 4.90 Å². The number of halogens is 4. The van der Waals surface area contributed by atoms with Crippen molar-refractivity contribution in [1.82, 2.24) is 4.90 Å². The van der Waals surface area contributed by atoms with E-state index in [1.807, 2.05) is 0 Å². The molecule has 1 amide bonds. The Bertz CT molecular complexity index is 225. The molecule has 1 fully saturated rings. The zero-order chi connectivity index (χ0) is 11.0. The first-order valence-corrected chi connectivity index (χ1v) is 4.29. The molecule has 0 aromatic rings. The summed E-state index contributed by atoms with van der Waals surface area (Å²) in [6.07, 6.45) is -1.50. The van der Waals surface area contributed by atoms with Crippen LogP contribution in [0.5, 0.6) is 0 Å². The first kappa shape index (κ1) is 11.3. The van der Waals surface area contributed by atoms with Gasteiger partial charge in [-0.05, 0) is 0 Å². The Morgan fingerprint density at radius 2 is 1.64 bits per heavy atom. The number of likely N-dealkylation sites (tertiary alicyclic amines) is 1. The van der Waals surface area contributed by atoms with E-state index in [0.717, 1.165) is 0 Å². The molecule has 1 heterocycles. The monoisotopic (exact) mass is 213 g/mol. The molecule has 1 aliphatic rings. The third-order valence-corrected chi connectivity index (χ3v) is 2.02. The van der Waals surface area contributed by atoms with Crippen LogP contribution < -0.4 is 0 Å². The zero-order valence-electron chi connectivity index (χ0n) is 7.70. The SMILES string of the molecule is CCC(=O)N1CC(F)(F)CC(F)(F)C1. The van der Waals surface area contributed by atoms with Gasteiger partial charge in [-0.15, -0.1) is 0 Å². The van der Waals surface area contributed by atoms with Crippen molar-refractivity contribution in [1.29, 1.82) is 0 Å². The molecule has 1 aliphatic heterocycles. The topological polar surface area (TPSA) is 20.3 Å². The molecule has 2 nitrogen and oxygen atoms in total. The van der Waals surface area contributed by atoms with E-state index >= 15 is 0 Å². The van der Waals surface area contributed by atoms with Crippen LogP contribution in [-0.4, -0.2) is 35.7 Å². The lowest BCUT2D eigenvalue weighted by Gasteiger charge is -2.37.